The molecule has 0 aromatic heterocycles. The Morgan fingerprint density at radius 1 is 1.17 bits per heavy atom. The first-order valence-electron chi connectivity index (χ1n) is 7.55. The van der Waals surface area contributed by atoms with Crippen molar-refractivity contribution in [1.82, 2.24) is 0 Å². The molecule has 0 aliphatic carbocycles. The third-order valence-electron chi connectivity index (χ3n) is 3.94. The second-order valence-corrected chi connectivity index (χ2v) is 5.38. The number of amides is 2. The average molecular weight is 310 g/mol. The minimum atomic E-state index is -0.647. The number of hydrogen-bond acceptors (Lipinski definition) is 3. The molecular weight excluding hydrogens is 292 g/mol. The zero-order valence-electron chi connectivity index (χ0n) is 12.9. The largest absolute Gasteiger partial charge is 0.494 e. The number of carbonyl (C=O) groups excluding carboxylic acids is 2. The lowest BCUT2D eigenvalue weighted by Crippen LogP contribution is -2.46. The van der Waals surface area contributed by atoms with Crippen LogP contribution in [0, 0.1) is 0 Å². The lowest BCUT2D eigenvalue weighted by Gasteiger charge is -2.23. The number of rotatable bonds is 4. The molecule has 0 spiro atoms. The van der Waals surface area contributed by atoms with Crippen LogP contribution in [-0.4, -0.2) is 24.5 Å². The first-order chi connectivity index (χ1) is 11.1. The number of hydrogen-bond donors (Lipinski definition) is 1. The van der Waals surface area contributed by atoms with E-state index < -0.39 is 11.9 Å². The summed E-state index contributed by atoms with van der Waals surface area (Å²) in [4.78, 5) is 26.1. The molecule has 2 aromatic carbocycles. The maximum Gasteiger partial charge on any atom is 0.259 e. The standard InChI is InChI=1S/C18H18N2O3/c1-2-23-14-9-7-12(8-10-14)18(22)20-15-6-4-3-5-13(15)11-16(20)17(19)21/h3-10,16H,2,11H2,1H3,(H2,19,21)/t16-/m1/s1. The predicted octanol–water partition coefficient (Wildman–Crippen LogP) is 2.14. The molecule has 0 saturated carbocycles. The molecular formula is C18H18N2O3. The summed E-state index contributed by atoms with van der Waals surface area (Å²) in [5.41, 5.74) is 7.69. The van der Waals surface area contributed by atoms with Gasteiger partial charge in [0.15, 0.2) is 0 Å². The topological polar surface area (TPSA) is 72.6 Å². The van der Waals surface area contributed by atoms with E-state index in [-0.39, 0.29) is 5.91 Å². The van der Waals surface area contributed by atoms with E-state index in [0.717, 1.165) is 11.3 Å². The molecule has 0 radical (unpaired) electrons. The van der Waals surface area contributed by atoms with Crippen LogP contribution in [0.15, 0.2) is 48.5 Å². The Morgan fingerprint density at radius 2 is 1.87 bits per heavy atom. The normalized spacial score (nSPS) is 16.0. The number of nitrogens with two attached hydrogens (primary N) is 1. The quantitative estimate of drug-likeness (QED) is 0.940. The summed E-state index contributed by atoms with van der Waals surface area (Å²) in [6.07, 6.45) is 0.453. The summed E-state index contributed by atoms with van der Waals surface area (Å²) in [5, 5.41) is 0. The fourth-order valence-corrected chi connectivity index (χ4v) is 2.86. The van der Waals surface area contributed by atoms with E-state index in [1.54, 1.807) is 24.3 Å². The second kappa shape index (κ2) is 6.12. The molecule has 5 heteroatoms. The molecule has 0 bridgehead atoms. The second-order valence-electron chi connectivity index (χ2n) is 5.38. The van der Waals surface area contributed by atoms with Crippen molar-refractivity contribution in [3.63, 3.8) is 0 Å². The summed E-state index contributed by atoms with van der Waals surface area (Å²) in [6.45, 7) is 2.47. The number of fused-ring (bicyclic) bond motifs is 1. The van der Waals surface area contributed by atoms with Gasteiger partial charge in [0.1, 0.15) is 11.8 Å². The highest BCUT2D eigenvalue weighted by Crippen LogP contribution is 2.33. The van der Waals surface area contributed by atoms with Crippen molar-refractivity contribution in [3.8, 4) is 5.75 Å². The number of primary amides is 1. The van der Waals surface area contributed by atoms with Crippen LogP contribution >= 0.6 is 0 Å². The lowest BCUT2D eigenvalue weighted by atomic mass is 10.1. The van der Waals surface area contributed by atoms with Crippen molar-refractivity contribution in [1.29, 1.82) is 0 Å². The van der Waals surface area contributed by atoms with Gasteiger partial charge in [-0.3, -0.25) is 14.5 Å². The Morgan fingerprint density at radius 3 is 2.52 bits per heavy atom. The van der Waals surface area contributed by atoms with Gasteiger partial charge in [-0.15, -0.1) is 0 Å². The smallest absolute Gasteiger partial charge is 0.259 e. The van der Waals surface area contributed by atoms with Crippen LogP contribution in [0.5, 0.6) is 5.75 Å². The number of para-hydroxylation sites is 1. The molecule has 0 unspecified atom stereocenters. The van der Waals surface area contributed by atoms with E-state index in [1.807, 2.05) is 31.2 Å². The Hall–Kier alpha value is -2.82. The molecule has 2 aromatic rings. The molecule has 3 rings (SSSR count). The zero-order valence-corrected chi connectivity index (χ0v) is 12.9. The van der Waals surface area contributed by atoms with Crippen molar-refractivity contribution in [2.24, 2.45) is 5.73 Å². The first kappa shape index (κ1) is 15.1. The number of anilines is 1. The Labute approximate surface area is 134 Å². The molecule has 1 aliphatic heterocycles. The molecule has 1 atom stereocenters. The van der Waals surface area contributed by atoms with Crippen molar-refractivity contribution < 1.29 is 14.3 Å². The van der Waals surface area contributed by atoms with Gasteiger partial charge in [-0.2, -0.15) is 0 Å². The van der Waals surface area contributed by atoms with Gasteiger partial charge in [-0.25, -0.2) is 0 Å². The summed E-state index contributed by atoms with van der Waals surface area (Å²) >= 11 is 0. The Balaban J connectivity index is 1.94. The highest BCUT2D eigenvalue weighted by Gasteiger charge is 2.37. The van der Waals surface area contributed by atoms with E-state index in [1.165, 1.54) is 4.90 Å². The lowest BCUT2D eigenvalue weighted by molar-refractivity contribution is -0.119. The van der Waals surface area contributed by atoms with Gasteiger partial charge in [0.05, 0.1) is 6.61 Å². The van der Waals surface area contributed by atoms with Crippen molar-refractivity contribution in [2.45, 2.75) is 19.4 Å². The first-order valence-corrected chi connectivity index (χ1v) is 7.55. The highest BCUT2D eigenvalue weighted by molar-refractivity contribution is 6.11. The molecule has 23 heavy (non-hydrogen) atoms. The number of benzene rings is 2. The van der Waals surface area contributed by atoms with Gasteiger partial charge in [-0.1, -0.05) is 18.2 Å². The van der Waals surface area contributed by atoms with Crippen LogP contribution in [0.4, 0.5) is 5.69 Å². The summed E-state index contributed by atoms with van der Waals surface area (Å²) < 4.78 is 5.38. The van der Waals surface area contributed by atoms with E-state index in [0.29, 0.717) is 24.3 Å². The molecule has 2 amide bonds. The van der Waals surface area contributed by atoms with E-state index in [9.17, 15) is 9.59 Å². The SMILES string of the molecule is CCOc1ccc(C(=O)N2c3ccccc3C[C@@H]2C(N)=O)cc1. The summed E-state index contributed by atoms with van der Waals surface area (Å²) in [5.74, 6) is -0.0281. The molecule has 0 saturated heterocycles. The average Bonchev–Trinajstić information content (AvgIpc) is 2.95. The van der Waals surface area contributed by atoms with Crippen LogP contribution in [0.1, 0.15) is 22.8 Å². The maximum atomic E-state index is 12.9. The van der Waals surface area contributed by atoms with Crippen molar-refractivity contribution >= 4 is 17.5 Å². The van der Waals surface area contributed by atoms with Gasteiger partial charge in [0.2, 0.25) is 5.91 Å². The predicted molar refractivity (Wildman–Crippen MR) is 87.5 cm³/mol. The van der Waals surface area contributed by atoms with E-state index >= 15 is 0 Å². The van der Waals surface area contributed by atoms with Gasteiger partial charge in [0.25, 0.3) is 5.91 Å². The van der Waals surface area contributed by atoms with Crippen LogP contribution in [-0.2, 0) is 11.2 Å². The van der Waals surface area contributed by atoms with Crippen molar-refractivity contribution in [3.05, 3.63) is 59.7 Å². The Kier molecular flexibility index (Phi) is 4.02. The molecule has 5 nitrogen and oxygen atoms in total. The minimum absolute atomic E-state index is 0.234. The van der Waals surface area contributed by atoms with Crippen molar-refractivity contribution in [2.75, 3.05) is 11.5 Å². The third kappa shape index (κ3) is 2.77. The van der Waals surface area contributed by atoms with Crippen LogP contribution in [0.3, 0.4) is 0 Å². The zero-order chi connectivity index (χ0) is 16.4. The number of ether oxygens (including phenoxy) is 1. The minimum Gasteiger partial charge on any atom is -0.494 e. The van der Waals surface area contributed by atoms with E-state index in [2.05, 4.69) is 0 Å². The monoisotopic (exact) mass is 310 g/mol. The number of nitrogens with zero attached hydrogens (tertiary/aromatic N) is 1. The molecule has 1 aliphatic rings. The van der Waals surface area contributed by atoms with Gasteiger partial charge < -0.3 is 10.5 Å². The summed E-state index contributed by atoms with van der Waals surface area (Å²) in [7, 11) is 0. The summed E-state index contributed by atoms with van der Waals surface area (Å²) in [6, 6.07) is 13.7. The molecule has 118 valence electrons. The maximum absolute atomic E-state index is 12.9. The van der Waals surface area contributed by atoms with Crippen LogP contribution in [0.25, 0.3) is 0 Å². The van der Waals surface area contributed by atoms with Gasteiger partial charge in [-0.05, 0) is 42.8 Å². The molecule has 0 fully saturated rings. The highest BCUT2D eigenvalue weighted by atomic mass is 16.5. The Bertz CT molecular complexity index is 740. The van der Waals surface area contributed by atoms with E-state index in [4.69, 9.17) is 10.5 Å². The fraction of sp³-hybridized carbons (Fsp3) is 0.222. The van der Waals surface area contributed by atoms with Gasteiger partial charge in [0, 0.05) is 17.7 Å². The fourth-order valence-electron chi connectivity index (χ4n) is 2.86. The molecule has 1 heterocycles. The number of carbonyl (C=O) groups is 2. The molecule has 2 N–H and O–H groups in total. The van der Waals surface area contributed by atoms with Gasteiger partial charge >= 0.3 is 0 Å². The van der Waals surface area contributed by atoms with Crippen LogP contribution in [0.2, 0.25) is 0 Å². The van der Waals surface area contributed by atoms with Crippen LogP contribution < -0.4 is 15.4 Å². The third-order valence-corrected chi connectivity index (χ3v) is 3.94.